The lowest BCUT2D eigenvalue weighted by Crippen LogP contribution is -2.14. The molecule has 0 saturated heterocycles. The summed E-state index contributed by atoms with van der Waals surface area (Å²) in [5.74, 6) is -0.571. The first-order valence-electron chi connectivity index (χ1n) is 7.40. The van der Waals surface area contributed by atoms with Crippen LogP contribution in [-0.2, 0) is 9.59 Å². The molecule has 2 rings (SSSR count). The second-order valence-corrected chi connectivity index (χ2v) is 5.68. The normalized spacial score (nSPS) is 10.1. The van der Waals surface area contributed by atoms with Gasteiger partial charge < -0.3 is 10.6 Å². The van der Waals surface area contributed by atoms with Crippen LogP contribution in [0.1, 0.15) is 30.1 Å². The minimum absolute atomic E-state index is 0.0752. The maximum absolute atomic E-state index is 12.0. The Morgan fingerprint density at radius 2 is 1.54 bits per heavy atom. The lowest BCUT2D eigenvalue weighted by molar-refractivity contribution is -0.116. The number of anilines is 2. The van der Waals surface area contributed by atoms with Crippen LogP contribution in [0.3, 0.4) is 0 Å². The largest absolute Gasteiger partial charge is 0.326 e. The number of ketones is 1. The molecular weight excluding hydrogens is 328 g/mol. The summed E-state index contributed by atoms with van der Waals surface area (Å²) in [5, 5.41) is 5.91. The number of hydrogen-bond donors (Lipinski definition) is 2. The Labute approximate surface area is 145 Å². The summed E-state index contributed by atoms with van der Waals surface area (Å²) in [6.07, 6.45) is 0.185. The predicted octanol–water partition coefficient (Wildman–Crippen LogP) is 3.90. The molecule has 24 heavy (non-hydrogen) atoms. The summed E-state index contributed by atoms with van der Waals surface area (Å²) in [6.45, 7) is 1.41. The average Bonchev–Trinajstić information content (AvgIpc) is 2.53. The Balaban J connectivity index is 1.88. The number of amides is 2. The Morgan fingerprint density at radius 3 is 2.17 bits per heavy atom. The van der Waals surface area contributed by atoms with Gasteiger partial charge in [-0.3, -0.25) is 14.4 Å². The van der Waals surface area contributed by atoms with Crippen LogP contribution in [0.5, 0.6) is 0 Å². The van der Waals surface area contributed by atoms with Gasteiger partial charge in [0.05, 0.1) is 0 Å². The molecule has 5 nitrogen and oxygen atoms in total. The van der Waals surface area contributed by atoms with Crippen LogP contribution in [0, 0.1) is 0 Å². The third-order valence-electron chi connectivity index (χ3n) is 3.21. The van der Waals surface area contributed by atoms with Crippen molar-refractivity contribution in [1.82, 2.24) is 0 Å². The summed E-state index contributed by atoms with van der Waals surface area (Å²) in [6, 6.07) is 13.4. The zero-order valence-electron chi connectivity index (χ0n) is 13.1. The lowest BCUT2D eigenvalue weighted by Gasteiger charge is -2.08. The molecule has 0 bridgehead atoms. The molecule has 0 radical (unpaired) electrons. The minimum atomic E-state index is -0.266. The second kappa shape index (κ2) is 8.26. The number of nitrogens with one attached hydrogen (secondary N) is 2. The molecule has 0 aliphatic heterocycles. The van der Waals surface area contributed by atoms with Crippen molar-refractivity contribution < 1.29 is 14.4 Å². The average molecular weight is 345 g/mol. The third kappa shape index (κ3) is 5.52. The summed E-state index contributed by atoms with van der Waals surface area (Å²) >= 11 is 5.78. The molecule has 2 N–H and O–H groups in total. The van der Waals surface area contributed by atoms with E-state index < -0.39 is 0 Å². The van der Waals surface area contributed by atoms with E-state index in [0.717, 1.165) is 0 Å². The number of carbonyl (C=O) groups excluding carboxylic acids is 3. The second-order valence-electron chi connectivity index (χ2n) is 5.24. The molecule has 0 atom stereocenters. The van der Waals surface area contributed by atoms with Gasteiger partial charge in [-0.1, -0.05) is 17.7 Å². The quantitative estimate of drug-likeness (QED) is 0.780. The molecule has 0 spiro atoms. The van der Waals surface area contributed by atoms with Crippen LogP contribution in [0.15, 0.2) is 48.5 Å². The number of carbonyl (C=O) groups is 3. The smallest absolute Gasteiger partial charge is 0.224 e. The molecule has 0 heterocycles. The molecule has 2 aromatic carbocycles. The number of benzene rings is 2. The first-order valence-corrected chi connectivity index (χ1v) is 7.78. The highest BCUT2D eigenvalue weighted by Crippen LogP contribution is 2.16. The summed E-state index contributed by atoms with van der Waals surface area (Å²) in [4.78, 5) is 35.0. The summed E-state index contributed by atoms with van der Waals surface area (Å²) in [5.41, 5.74) is 1.68. The molecule has 0 unspecified atom stereocenters. The van der Waals surface area contributed by atoms with Crippen molar-refractivity contribution in [1.29, 1.82) is 0 Å². The van der Waals surface area contributed by atoms with Crippen molar-refractivity contribution in [3.05, 3.63) is 59.1 Å². The predicted molar refractivity (Wildman–Crippen MR) is 94.4 cm³/mol. The molecule has 0 saturated carbocycles. The van der Waals surface area contributed by atoms with Crippen molar-refractivity contribution in [2.24, 2.45) is 0 Å². The zero-order valence-corrected chi connectivity index (χ0v) is 13.9. The van der Waals surface area contributed by atoms with E-state index in [-0.39, 0.29) is 30.4 Å². The van der Waals surface area contributed by atoms with Gasteiger partial charge in [0.15, 0.2) is 5.78 Å². The Bertz CT molecular complexity index is 757. The topological polar surface area (TPSA) is 75.3 Å². The van der Waals surface area contributed by atoms with Crippen LogP contribution in [0.2, 0.25) is 5.02 Å². The molecular formula is C18H17ClN2O3. The number of rotatable bonds is 6. The molecule has 6 heteroatoms. The van der Waals surface area contributed by atoms with Gasteiger partial charge in [-0.05, 0) is 42.5 Å². The Morgan fingerprint density at radius 1 is 0.917 bits per heavy atom. The number of halogens is 1. The van der Waals surface area contributed by atoms with Crippen molar-refractivity contribution in [3.63, 3.8) is 0 Å². The van der Waals surface area contributed by atoms with Crippen molar-refractivity contribution in [2.45, 2.75) is 19.8 Å². The fourth-order valence-electron chi connectivity index (χ4n) is 2.11. The highest BCUT2D eigenvalue weighted by Gasteiger charge is 2.10. The van der Waals surface area contributed by atoms with E-state index in [0.29, 0.717) is 22.0 Å². The van der Waals surface area contributed by atoms with Gasteiger partial charge in [-0.2, -0.15) is 0 Å². The highest BCUT2D eigenvalue weighted by molar-refractivity contribution is 6.30. The van der Waals surface area contributed by atoms with E-state index in [2.05, 4.69) is 10.6 Å². The van der Waals surface area contributed by atoms with Crippen molar-refractivity contribution in [3.8, 4) is 0 Å². The van der Waals surface area contributed by atoms with Crippen LogP contribution in [-0.4, -0.2) is 17.6 Å². The van der Waals surface area contributed by atoms with Crippen LogP contribution in [0.25, 0.3) is 0 Å². The van der Waals surface area contributed by atoms with E-state index >= 15 is 0 Å². The standard InChI is InChI=1S/C18H17ClN2O3/c1-12(22)20-15-3-2-4-16(11-15)21-18(24)10-9-17(23)13-5-7-14(19)8-6-13/h2-8,11H,9-10H2,1H3,(H,20,22)(H,21,24). The molecule has 0 aliphatic carbocycles. The fraction of sp³-hybridized carbons (Fsp3) is 0.167. The van der Waals surface area contributed by atoms with E-state index in [9.17, 15) is 14.4 Å². The summed E-state index contributed by atoms with van der Waals surface area (Å²) in [7, 11) is 0. The Kier molecular flexibility index (Phi) is 6.09. The van der Waals surface area contributed by atoms with E-state index in [4.69, 9.17) is 11.6 Å². The molecule has 124 valence electrons. The van der Waals surface area contributed by atoms with Gasteiger partial charge in [0.2, 0.25) is 11.8 Å². The fourth-order valence-corrected chi connectivity index (χ4v) is 2.23. The first-order chi connectivity index (χ1) is 11.4. The van der Waals surface area contributed by atoms with E-state index in [1.165, 1.54) is 6.92 Å². The van der Waals surface area contributed by atoms with Crippen molar-refractivity contribution >= 4 is 40.6 Å². The third-order valence-corrected chi connectivity index (χ3v) is 3.46. The SMILES string of the molecule is CC(=O)Nc1cccc(NC(=O)CCC(=O)c2ccc(Cl)cc2)c1. The van der Waals surface area contributed by atoms with Crippen molar-refractivity contribution in [2.75, 3.05) is 10.6 Å². The lowest BCUT2D eigenvalue weighted by atomic mass is 10.1. The van der Waals surface area contributed by atoms with E-state index in [1.807, 2.05) is 0 Å². The molecule has 0 aliphatic rings. The zero-order chi connectivity index (χ0) is 17.5. The van der Waals surface area contributed by atoms with E-state index in [1.54, 1.807) is 48.5 Å². The van der Waals surface area contributed by atoms with Gasteiger partial charge in [0, 0.05) is 41.7 Å². The van der Waals surface area contributed by atoms with Crippen LogP contribution >= 0.6 is 11.6 Å². The minimum Gasteiger partial charge on any atom is -0.326 e. The maximum atomic E-state index is 12.0. The van der Waals surface area contributed by atoms with Gasteiger partial charge in [-0.15, -0.1) is 0 Å². The first kappa shape index (κ1) is 17.7. The van der Waals surface area contributed by atoms with Gasteiger partial charge in [0.25, 0.3) is 0 Å². The van der Waals surface area contributed by atoms with Gasteiger partial charge in [-0.25, -0.2) is 0 Å². The van der Waals surface area contributed by atoms with Gasteiger partial charge >= 0.3 is 0 Å². The maximum Gasteiger partial charge on any atom is 0.224 e. The summed E-state index contributed by atoms with van der Waals surface area (Å²) < 4.78 is 0. The number of hydrogen-bond acceptors (Lipinski definition) is 3. The molecule has 0 fully saturated rings. The number of Topliss-reactive ketones (excluding diaryl/α,β-unsaturated/α-hetero) is 1. The monoisotopic (exact) mass is 344 g/mol. The molecule has 2 aromatic rings. The van der Waals surface area contributed by atoms with Crippen LogP contribution in [0.4, 0.5) is 11.4 Å². The molecule has 0 aromatic heterocycles. The van der Waals surface area contributed by atoms with Gasteiger partial charge in [0.1, 0.15) is 0 Å². The highest BCUT2D eigenvalue weighted by atomic mass is 35.5. The van der Waals surface area contributed by atoms with Crippen LogP contribution < -0.4 is 10.6 Å². The molecule has 2 amide bonds. The Hall–Kier alpha value is -2.66.